The maximum absolute atomic E-state index is 11.8. The van der Waals surface area contributed by atoms with E-state index in [0.29, 0.717) is 19.5 Å². The van der Waals surface area contributed by atoms with Crippen molar-refractivity contribution in [1.29, 1.82) is 5.26 Å². The van der Waals surface area contributed by atoms with Gasteiger partial charge in [0.25, 0.3) is 11.9 Å². The summed E-state index contributed by atoms with van der Waals surface area (Å²) in [7, 11) is 0. The molecular weight excluding hydrogens is 1200 g/mol. The molecule has 0 bridgehead atoms. The van der Waals surface area contributed by atoms with Crippen LogP contribution in [0.5, 0.6) is 0 Å². The Hall–Kier alpha value is -3.52. The third kappa shape index (κ3) is 28.5. The van der Waals surface area contributed by atoms with E-state index in [0.717, 1.165) is 61.6 Å². The number of alkyl halides is 1. The van der Waals surface area contributed by atoms with E-state index in [1.54, 1.807) is 41.5 Å². The van der Waals surface area contributed by atoms with Crippen LogP contribution in [-0.2, 0) is 28.7 Å². The van der Waals surface area contributed by atoms with Gasteiger partial charge >= 0.3 is 69.4 Å². The number of ether oxygens (including phenoxy) is 2. The second kappa shape index (κ2) is 36.4. The molecule has 1 heterocycles. The number of halogens is 4. The van der Waals surface area contributed by atoms with Gasteiger partial charge in [-0.3, -0.25) is 24.6 Å². The smallest absolute Gasteiger partial charge is 0.812 e. The van der Waals surface area contributed by atoms with Gasteiger partial charge in [-0.15, -0.1) is 0 Å². The summed E-state index contributed by atoms with van der Waals surface area (Å²) < 4.78 is 12.3. The molecule has 0 unspecified atom stereocenters. The number of para-hydroxylation sites is 1. The quantitative estimate of drug-likeness (QED) is 0.0292. The van der Waals surface area contributed by atoms with Crippen LogP contribution in [0.2, 0.25) is 0 Å². The van der Waals surface area contributed by atoms with Gasteiger partial charge in [0.05, 0.1) is 13.2 Å². The van der Waals surface area contributed by atoms with E-state index in [4.69, 9.17) is 35.5 Å². The fraction of sp³-hybridized carbons (Fsp3) is 0.412. The van der Waals surface area contributed by atoms with Gasteiger partial charge in [-0.1, -0.05) is 81.9 Å². The summed E-state index contributed by atoms with van der Waals surface area (Å²) in [4.78, 5) is 58.8. The minimum absolute atomic E-state index is 0. The van der Waals surface area contributed by atoms with Gasteiger partial charge in [0.1, 0.15) is 15.4 Å². The molecule has 3 amide bonds. The average Bonchev–Trinajstić information content (AvgIpc) is 3.47. The number of nitrogens with zero attached hydrogens (tertiary/aromatic N) is 3. The summed E-state index contributed by atoms with van der Waals surface area (Å²) in [5.41, 5.74) is 11.0. The van der Waals surface area contributed by atoms with Crippen LogP contribution >= 0.6 is 63.7 Å². The first-order valence-electron chi connectivity index (χ1n) is 21.9. The van der Waals surface area contributed by atoms with E-state index in [-0.39, 0.29) is 75.3 Å². The molecule has 0 saturated carbocycles. The van der Waals surface area contributed by atoms with Crippen LogP contribution in [0.15, 0.2) is 98.3 Å². The summed E-state index contributed by atoms with van der Waals surface area (Å²) in [6, 6.07) is 27.3. The van der Waals surface area contributed by atoms with Gasteiger partial charge in [0.2, 0.25) is 0 Å². The van der Waals surface area contributed by atoms with Gasteiger partial charge in [-0.25, -0.2) is 14.9 Å². The molecule has 4 aromatic carbocycles. The fourth-order valence-electron chi connectivity index (χ4n) is 5.51. The summed E-state index contributed by atoms with van der Waals surface area (Å²) in [5.74, 6) is -1.58. The summed E-state index contributed by atoms with van der Waals surface area (Å²) in [6.45, 7) is 28.6. The molecule has 1 saturated heterocycles. The number of carboxylic acid groups (broad SMARTS) is 1. The number of nitrogens with one attached hydrogen (secondary N) is 2. The Morgan fingerprint density at radius 1 is 0.803 bits per heavy atom. The monoisotopic (exact) mass is 1260 g/mol. The fourth-order valence-corrected chi connectivity index (χ4v) is 6.37. The van der Waals surface area contributed by atoms with Crippen LogP contribution in [0.4, 0.5) is 27.5 Å². The molecule has 1 fully saturated rings. The molecule has 1 aliphatic rings. The molecular formula is C51H69Br4KN6O9. The third-order valence-corrected chi connectivity index (χ3v) is 12.2. The number of esters is 2. The van der Waals surface area contributed by atoms with Gasteiger partial charge in [-0.05, 0) is 173 Å². The molecule has 0 aromatic heterocycles. The van der Waals surface area contributed by atoms with Crippen LogP contribution in [0, 0.1) is 32.3 Å². The van der Waals surface area contributed by atoms with Crippen molar-refractivity contribution >= 4 is 116 Å². The molecule has 5 rings (SSSR count). The maximum atomic E-state index is 11.8. The first kappa shape index (κ1) is 71.7. The number of hydrogen-bond donors (Lipinski definition) is 4. The number of imide groups is 1. The molecule has 5 N–H and O–H groups in total. The first-order chi connectivity index (χ1) is 32.4. The minimum Gasteiger partial charge on any atom is -0.812 e. The molecule has 71 heavy (non-hydrogen) atoms. The average molecular weight is 1270 g/mol. The Bertz CT molecular complexity index is 2320. The molecule has 0 spiro atoms. The van der Waals surface area contributed by atoms with Crippen LogP contribution in [0.3, 0.4) is 0 Å². The van der Waals surface area contributed by atoms with Crippen molar-refractivity contribution < 1.29 is 95.0 Å². The first-order valence-corrected chi connectivity index (χ1v) is 25.1. The molecule has 0 atom stereocenters. The SMILES string of the molecule is CC(=O)O.CCN(CC)c1ccccc1.CCOC(=O)C(C)(C)Br.CCOC(=O)C(C)(C)Nc1ccc(Br)c(C)c1.Cc1cc(N)ccc1Br.Cc1cc(N2C(=O)NC(=O)C2(C)C)ccc1Br.N#C[O-].[K+]. The van der Waals surface area contributed by atoms with Crippen molar-refractivity contribution in [3.63, 3.8) is 0 Å². The van der Waals surface area contributed by atoms with E-state index in [9.17, 15) is 19.2 Å². The van der Waals surface area contributed by atoms with Crippen molar-refractivity contribution in [1.82, 2.24) is 5.32 Å². The molecule has 15 nitrogen and oxygen atoms in total. The third-order valence-electron chi connectivity index (χ3n) is 9.17. The van der Waals surface area contributed by atoms with Crippen molar-refractivity contribution in [3.05, 3.63) is 115 Å². The number of carbonyl (C=O) groups excluding carboxylic acids is 4. The predicted molar refractivity (Wildman–Crippen MR) is 294 cm³/mol. The van der Waals surface area contributed by atoms with Gasteiger partial charge in [0, 0.05) is 62.4 Å². The number of hydrogen-bond acceptors (Lipinski definition) is 12. The van der Waals surface area contributed by atoms with E-state index >= 15 is 0 Å². The van der Waals surface area contributed by atoms with Crippen LogP contribution < -0.4 is 82.7 Å². The number of aryl methyl sites for hydroxylation is 3. The second-order valence-corrected chi connectivity index (χ2v) is 20.9. The van der Waals surface area contributed by atoms with Crippen molar-refractivity contribution in [2.75, 3.05) is 47.2 Å². The van der Waals surface area contributed by atoms with E-state index in [1.807, 2.05) is 95.3 Å². The number of rotatable bonds is 10. The molecule has 20 heteroatoms. The van der Waals surface area contributed by atoms with Crippen molar-refractivity contribution in [2.45, 2.75) is 112 Å². The van der Waals surface area contributed by atoms with E-state index < -0.39 is 21.4 Å². The number of carboxylic acids is 1. The maximum Gasteiger partial charge on any atom is 1.00 e. The molecule has 1 aliphatic heterocycles. The predicted octanol–water partition coefficient (Wildman–Crippen LogP) is 8.62. The van der Waals surface area contributed by atoms with Crippen molar-refractivity contribution in [3.8, 4) is 6.26 Å². The standard InChI is InChI=1S/C13H18BrNO2.C12H13BrN2O2.C10H15N.C7H8BrN.C6H11BrO2.C2H4O2.CHNO.K/c1-5-17-12(16)13(3,4)15-10-6-7-11(14)9(2)8-10;1-7-6-8(4-5-9(7)13)15-11(17)14-10(16)12(15,2)3;1-3-11(4-2)10-8-6-5-7-9-10;1-5-4-6(9)2-3-7(5)8;1-4-9-5(8)6(2,3)7;1-2(3)4;2-1-3;/h6-8,15H,5H2,1-4H3;4-6H,1-3H3,(H,14,16,17);5-9H,3-4H2,1-2H3;2-4H,9H2,1H3;4H2,1-3H3;1H3,(H,3,4);3H;/q;;;;;;;+1/p-1. The number of anilines is 4. The molecule has 0 radical (unpaired) electrons. The van der Waals surface area contributed by atoms with E-state index in [1.165, 1.54) is 16.2 Å². The van der Waals surface area contributed by atoms with Gasteiger partial charge in [-0.2, -0.15) is 0 Å². The zero-order valence-corrected chi connectivity index (χ0v) is 53.0. The number of urea groups is 1. The Balaban J connectivity index is -0.000000802. The number of aliphatic carboxylic acids is 1. The molecule has 0 aliphatic carbocycles. The van der Waals surface area contributed by atoms with Gasteiger partial charge in [0.15, 0.2) is 0 Å². The zero-order chi connectivity index (χ0) is 54.6. The van der Waals surface area contributed by atoms with Crippen LogP contribution in [-0.4, -0.2) is 76.7 Å². The number of nitrogen functional groups attached to an aromatic ring is 1. The summed E-state index contributed by atoms with van der Waals surface area (Å²) in [5, 5.41) is 27.9. The number of carbonyl (C=O) groups is 5. The molecule has 386 valence electrons. The zero-order valence-electron chi connectivity index (χ0n) is 43.6. The second-order valence-electron chi connectivity index (χ2n) is 16.3. The van der Waals surface area contributed by atoms with Crippen molar-refractivity contribution in [2.24, 2.45) is 0 Å². The number of nitriles is 1. The van der Waals surface area contributed by atoms with Gasteiger partial charge < -0.3 is 35.6 Å². The van der Waals surface area contributed by atoms with E-state index in [2.05, 4.69) is 117 Å². The minimum atomic E-state index is -0.850. The normalized spacial score (nSPS) is 11.6. The number of benzene rings is 4. The Labute approximate surface area is 497 Å². The largest absolute Gasteiger partial charge is 1.00 e. The Morgan fingerprint density at radius 3 is 1.58 bits per heavy atom. The Kier molecular flexibility index (Phi) is 36.8. The summed E-state index contributed by atoms with van der Waals surface area (Å²) >= 11 is 13.4. The van der Waals surface area contributed by atoms with Crippen LogP contribution in [0.25, 0.3) is 0 Å². The number of nitrogens with two attached hydrogens (primary N) is 1. The van der Waals surface area contributed by atoms with Crippen LogP contribution in [0.1, 0.15) is 92.9 Å². The Morgan fingerprint density at radius 2 is 1.23 bits per heavy atom. The molecule has 4 aromatic rings. The number of amides is 3. The summed E-state index contributed by atoms with van der Waals surface area (Å²) in [6.07, 6.45) is 0.500. The topological polar surface area (TPSA) is 227 Å².